The van der Waals surface area contributed by atoms with Crippen LogP contribution in [0.5, 0.6) is 5.75 Å². The topological polar surface area (TPSA) is 38.0 Å². The molecule has 2 rings (SSSR count). The second-order valence-electron chi connectivity index (χ2n) is 2.98. The molecule has 0 aliphatic heterocycles. The molecule has 1 aromatic heterocycles. The van der Waals surface area contributed by atoms with Gasteiger partial charge in [-0.25, -0.2) is 9.37 Å². The van der Waals surface area contributed by atoms with Crippen LogP contribution >= 0.6 is 0 Å². The summed E-state index contributed by atoms with van der Waals surface area (Å²) in [6, 6.07) is 3.90. The van der Waals surface area contributed by atoms with Gasteiger partial charge in [0.2, 0.25) is 0 Å². The van der Waals surface area contributed by atoms with Gasteiger partial charge in [0.15, 0.2) is 0 Å². The van der Waals surface area contributed by atoms with Gasteiger partial charge >= 0.3 is 0 Å². The summed E-state index contributed by atoms with van der Waals surface area (Å²) in [6.07, 6.45) is 3.23. The van der Waals surface area contributed by atoms with E-state index in [0.29, 0.717) is 11.5 Å². The number of halogens is 1. The van der Waals surface area contributed by atoms with Crippen LogP contribution in [0.15, 0.2) is 30.6 Å². The van der Waals surface area contributed by atoms with Crippen LogP contribution < -0.4 is 0 Å². The first-order chi connectivity index (χ1) is 6.68. The summed E-state index contributed by atoms with van der Waals surface area (Å²) in [6.45, 7) is 1.77. The molecular formula is C10H9FN2O. The Bertz CT molecular complexity index is 465. The zero-order chi connectivity index (χ0) is 10.1. The summed E-state index contributed by atoms with van der Waals surface area (Å²) in [4.78, 5) is 3.98. The van der Waals surface area contributed by atoms with Gasteiger partial charge in [-0.05, 0) is 19.1 Å². The fourth-order valence-electron chi connectivity index (χ4n) is 1.32. The van der Waals surface area contributed by atoms with E-state index in [2.05, 4.69) is 4.98 Å². The highest BCUT2D eigenvalue weighted by molar-refractivity contribution is 5.40. The van der Waals surface area contributed by atoms with Gasteiger partial charge in [-0.1, -0.05) is 0 Å². The molecule has 0 saturated carbocycles. The van der Waals surface area contributed by atoms with Gasteiger partial charge in [0.05, 0.1) is 5.69 Å². The molecule has 0 saturated heterocycles. The summed E-state index contributed by atoms with van der Waals surface area (Å²) in [5.74, 6) is 0.327. The molecule has 2 aromatic rings. The van der Waals surface area contributed by atoms with Gasteiger partial charge in [-0.15, -0.1) is 0 Å². The number of phenolic OH excluding ortho intramolecular Hbond substituents is 1. The minimum Gasteiger partial charge on any atom is -0.508 e. The average molecular weight is 192 g/mol. The maximum absolute atomic E-state index is 13.4. The molecule has 0 aliphatic carbocycles. The summed E-state index contributed by atoms with van der Waals surface area (Å²) in [5, 5.41) is 9.23. The fourth-order valence-corrected chi connectivity index (χ4v) is 1.32. The lowest BCUT2D eigenvalue weighted by Gasteiger charge is -2.06. The maximum Gasteiger partial charge on any atom is 0.147 e. The maximum atomic E-state index is 13.4. The lowest BCUT2D eigenvalue weighted by molar-refractivity contribution is 0.472. The fraction of sp³-hybridized carbons (Fsp3) is 0.100. The predicted molar refractivity (Wildman–Crippen MR) is 49.9 cm³/mol. The Morgan fingerprint density at radius 3 is 2.86 bits per heavy atom. The molecule has 0 amide bonds. The number of hydrogen-bond acceptors (Lipinski definition) is 2. The van der Waals surface area contributed by atoms with Crippen LogP contribution in [-0.4, -0.2) is 14.7 Å². The quantitative estimate of drug-likeness (QED) is 0.750. The van der Waals surface area contributed by atoms with Crippen molar-refractivity contribution in [3.8, 4) is 11.4 Å². The van der Waals surface area contributed by atoms with E-state index in [9.17, 15) is 9.50 Å². The molecule has 1 N–H and O–H groups in total. The standard InChI is InChI=1S/C10H9FN2O/c1-7-12-4-5-13(7)10-6-8(14)2-3-9(10)11/h2-6,14H,1H3. The predicted octanol–water partition coefficient (Wildman–Crippen LogP) is 2.03. The van der Waals surface area contributed by atoms with E-state index < -0.39 is 0 Å². The first-order valence-corrected chi connectivity index (χ1v) is 4.17. The van der Waals surface area contributed by atoms with Gasteiger partial charge in [0.25, 0.3) is 0 Å². The Morgan fingerprint density at radius 1 is 1.43 bits per heavy atom. The van der Waals surface area contributed by atoms with Crippen LogP contribution in [0.4, 0.5) is 4.39 Å². The van der Waals surface area contributed by atoms with Gasteiger partial charge in [-0.2, -0.15) is 0 Å². The Hall–Kier alpha value is -1.84. The first kappa shape index (κ1) is 8.74. The summed E-state index contributed by atoms with van der Waals surface area (Å²) < 4.78 is 14.9. The molecule has 1 aromatic carbocycles. The molecule has 1 heterocycles. The highest BCUT2D eigenvalue weighted by Crippen LogP contribution is 2.20. The lowest BCUT2D eigenvalue weighted by atomic mass is 10.3. The number of benzene rings is 1. The van der Waals surface area contributed by atoms with Crippen molar-refractivity contribution in [3.05, 3.63) is 42.2 Å². The van der Waals surface area contributed by atoms with Gasteiger partial charge in [-0.3, -0.25) is 0 Å². The van der Waals surface area contributed by atoms with E-state index in [1.54, 1.807) is 23.9 Å². The van der Waals surface area contributed by atoms with Crippen LogP contribution in [0.1, 0.15) is 5.82 Å². The third-order valence-corrected chi connectivity index (χ3v) is 2.02. The van der Waals surface area contributed by atoms with E-state index in [1.165, 1.54) is 18.2 Å². The zero-order valence-corrected chi connectivity index (χ0v) is 7.61. The highest BCUT2D eigenvalue weighted by Gasteiger charge is 2.07. The molecular weight excluding hydrogens is 183 g/mol. The van der Waals surface area contributed by atoms with Gasteiger partial charge < -0.3 is 9.67 Å². The number of imidazole rings is 1. The molecule has 0 bridgehead atoms. The summed E-state index contributed by atoms with van der Waals surface area (Å²) in [7, 11) is 0. The van der Waals surface area contributed by atoms with E-state index in [1.807, 2.05) is 0 Å². The van der Waals surface area contributed by atoms with Gasteiger partial charge in [0.1, 0.15) is 17.4 Å². The third kappa shape index (κ3) is 1.35. The molecule has 4 heteroatoms. The molecule has 14 heavy (non-hydrogen) atoms. The van der Waals surface area contributed by atoms with E-state index >= 15 is 0 Å². The van der Waals surface area contributed by atoms with Crippen molar-refractivity contribution in [3.63, 3.8) is 0 Å². The molecule has 0 spiro atoms. The van der Waals surface area contributed by atoms with Crippen LogP contribution in [0.2, 0.25) is 0 Å². The Balaban J connectivity index is 2.62. The molecule has 0 fully saturated rings. The Morgan fingerprint density at radius 2 is 2.21 bits per heavy atom. The highest BCUT2D eigenvalue weighted by atomic mass is 19.1. The van der Waals surface area contributed by atoms with E-state index in [4.69, 9.17) is 0 Å². The largest absolute Gasteiger partial charge is 0.508 e. The van der Waals surface area contributed by atoms with E-state index in [0.717, 1.165) is 0 Å². The Kier molecular flexibility index (Phi) is 1.96. The lowest BCUT2D eigenvalue weighted by Crippen LogP contribution is -1.98. The number of aromatic hydroxyl groups is 1. The molecule has 0 atom stereocenters. The molecule has 0 unspecified atom stereocenters. The third-order valence-electron chi connectivity index (χ3n) is 2.02. The number of aryl methyl sites for hydroxylation is 1. The van der Waals surface area contributed by atoms with Crippen molar-refractivity contribution in [2.75, 3.05) is 0 Å². The molecule has 0 radical (unpaired) electrons. The normalized spacial score (nSPS) is 10.4. The second-order valence-corrected chi connectivity index (χ2v) is 2.98. The van der Waals surface area contributed by atoms with Crippen molar-refractivity contribution in [2.45, 2.75) is 6.92 Å². The average Bonchev–Trinajstić information content (AvgIpc) is 2.56. The molecule has 3 nitrogen and oxygen atoms in total. The van der Waals surface area contributed by atoms with Crippen LogP contribution in [0.25, 0.3) is 5.69 Å². The van der Waals surface area contributed by atoms with E-state index in [-0.39, 0.29) is 11.6 Å². The van der Waals surface area contributed by atoms with Crippen LogP contribution in [-0.2, 0) is 0 Å². The van der Waals surface area contributed by atoms with Crippen molar-refractivity contribution >= 4 is 0 Å². The van der Waals surface area contributed by atoms with Crippen molar-refractivity contribution < 1.29 is 9.50 Å². The zero-order valence-electron chi connectivity index (χ0n) is 7.61. The van der Waals surface area contributed by atoms with Crippen LogP contribution in [0, 0.1) is 12.7 Å². The number of hydrogen-bond donors (Lipinski definition) is 1. The van der Waals surface area contributed by atoms with Gasteiger partial charge in [0, 0.05) is 18.5 Å². The summed E-state index contributed by atoms with van der Waals surface area (Å²) >= 11 is 0. The number of rotatable bonds is 1. The van der Waals surface area contributed by atoms with Crippen molar-refractivity contribution in [2.24, 2.45) is 0 Å². The van der Waals surface area contributed by atoms with Crippen molar-refractivity contribution in [1.82, 2.24) is 9.55 Å². The minimum atomic E-state index is -0.385. The second kappa shape index (κ2) is 3.14. The Labute approximate surface area is 80.5 Å². The SMILES string of the molecule is Cc1nccn1-c1cc(O)ccc1F. The number of nitrogens with zero attached hydrogens (tertiary/aromatic N) is 2. The van der Waals surface area contributed by atoms with Crippen molar-refractivity contribution in [1.29, 1.82) is 0 Å². The number of aromatic nitrogens is 2. The summed E-state index contributed by atoms with van der Waals surface area (Å²) in [5.41, 5.74) is 0.306. The number of phenols is 1. The molecule has 72 valence electrons. The van der Waals surface area contributed by atoms with Crippen LogP contribution in [0.3, 0.4) is 0 Å². The monoisotopic (exact) mass is 192 g/mol. The first-order valence-electron chi connectivity index (χ1n) is 4.17. The smallest absolute Gasteiger partial charge is 0.147 e. The molecule has 0 aliphatic rings. The minimum absolute atomic E-state index is 0.0366.